The molecule has 0 radical (unpaired) electrons. The van der Waals surface area contributed by atoms with E-state index in [9.17, 15) is 4.79 Å². The molecule has 0 aliphatic heterocycles. The van der Waals surface area contributed by atoms with Crippen molar-refractivity contribution in [2.75, 3.05) is 0 Å². The van der Waals surface area contributed by atoms with Crippen LogP contribution >= 0.6 is 11.6 Å². The molecule has 0 unspecified atom stereocenters. The summed E-state index contributed by atoms with van der Waals surface area (Å²) in [5.41, 5.74) is 5.98. The second kappa shape index (κ2) is 4.59. The summed E-state index contributed by atoms with van der Waals surface area (Å²) >= 11 is 6.59. The van der Waals surface area contributed by atoms with E-state index in [1.165, 1.54) is 41.5 Å². The van der Waals surface area contributed by atoms with Gasteiger partial charge >= 0.3 is 0 Å². The first-order chi connectivity index (χ1) is 9.98. The summed E-state index contributed by atoms with van der Waals surface area (Å²) in [5, 5.41) is 0.917. The normalized spacial score (nSPS) is 34.3. The Balaban J connectivity index is 1.88. The average Bonchev–Trinajstić information content (AvgIpc) is 2.73. The van der Waals surface area contributed by atoms with Gasteiger partial charge in [-0.15, -0.1) is 0 Å². The molecule has 1 saturated carbocycles. The van der Waals surface area contributed by atoms with Gasteiger partial charge in [-0.3, -0.25) is 4.79 Å². The van der Waals surface area contributed by atoms with E-state index in [1.807, 2.05) is 0 Å². The summed E-state index contributed by atoms with van der Waals surface area (Å²) in [5.74, 6) is 1.85. The molecule has 3 aliphatic carbocycles. The Kier molecular flexibility index (Phi) is 3.02. The van der Waals surface area contributed by atoms with Crippen LogP contribution in [0.2, 0.25) is 5.02 Å². The highest BCUT2D eigenvalue weighted by atomic mass is 35.5. The summed E-state index contributed by atoms with van der Waals surface area (Å²) in [7, 11) is 0. The number of carbonyl (C=O) groups excluding carboxylic acids is 1. The molecule has 112 valence electrons. The zero-order valence-electron chi connectivity index (χ0n) is 13.0. The number of Topliss-reactive ketones (excluding diaryl/α,β-unsaturated/α-hetero) is 1. The largest absolute Gasteiger partial charge is 0.299 e. The van der Waals surface area contributed by atoms with Crippen LogP contribution in [0, 0.1) is 11.3 Å². The van der Waals surface area contributed by atoms with Crippen LogP contribution in [0.15, 0.2) is 6.07 Å². The van der Waals surface area contributed by atoms with Crippen molar-refractivity contribution in [3.05, 3.63) is 33.3 Å². The summed E-state index contributed by atoms with van der Waals surface area (Å²) in [6.07, 6.45) is 7.18. The van der Waals surface area contributed by atoms with Crippen molar-refractivity contribution in [2.24, 2.45) is 11.3 Å². The van der Waals surface area contributed by atoms with Gasteiger partial charge in [0.25, 0.3) is 0 Å². The Hall–Kier alpha value is -0.820. The van der Waals surface area contributed by atoms with Crippen molar-refractivity contribution in [1.29, 1.82) is 0 Å². The molecule has 0 amide bonds. The quantitative estimate of drug-likeness (QED) is 0.668. The van der Waals surface area contributed by atoms with Crippen LogP contribution in [0.25, 0.3) is 0 Å². The molecule has 0 saturated heterocycles. The zero-order chi connectivity index (χ0) is 14.8. The Morgan fingerprint density at radius 2 is 2.00 bits per heavy atom. The number of rotatable bonds is 0. The highest BCUT2D eigenvalue weighted by Crippen LogP contribution is 2.58. The molecule has 4 rings (SSSR count). The van der Waals surface area contributed by atoms with Gasteiger partial charge in [0.1, 0.15) is 5.78 Å². The Morgan fingerprint density at radius 3 is 2.81 bits per heavy atom. The first kappa shape index (κ1) is 13.8. The van der Waals surface area contributed by atoms with Gasteiger partial charge in [0, 0.05) is 17.9 Å². The molecule has 0 spiro atoms. The lowest BCUT2D eigenvalue weighted by Gasteiger charge is -2.40. The highest BCUT2D eigenvalue weighted by molar-refractivity contribution is 6.31. The maximum atomic E-state index is 11.9. The van der Waals surface area contributed by atoms with E-state index in [0.29, 0.717) is 30.0 Å². The van der Waals surface area contributed by atoms with Gasteiger partial charge in [-0.2, -0.15) is 0 Å². The predicted molar refractivity (Wildman–Crippen MR) is 86.1 cm³/mol. The monoisotopic (exact) mass is 302 g/mol. The summed E-state index contributed by atoms with van der Waals surface area (Å²) < 4.78 is 0. The summed E-state index contributed by atoms with van der Waals surface area (Å²) in [6.45, 7) is 4.84. The molecule has 3 atom stereocenters. The van der Waals surface area contributed by atoms with Crippen LogP contribution in [0.1, 0.15) is 67.7 Å². The van der Waals surface area contributed by atoms with Crippen molar-refractivity contribution in [3.63, 3.8) is 0 Å². The van der Waals surface area contributed by atoms with Crippen LogP contribution in [0.3, 0.4) is 0 Å². The molecule has 1 fully saturated rings. The molecule has 1 aromatic carbocycles. The standard InChI is InChI=1S/C19H23ClO/c1-11-7-17-16-9-18(20)14-4-3-12(21)8-15(14)13(16)5-6-19(17,2)10-11/h9,11,17H,3-8,10H2,1-2H3/t11-,17+,19-/m0/s1. The lowest BCUT2D eigenvalue weighted by atomic mass is 9.65. The summed E-state index contributed by atoms with van der Waals surface area (Å²) in [6, 6.07) is 2.26. The third kappa shape index (κ3) is 2.00. The van der Waals surface area contributed by atoms with E-state index < -0.39 is 0 Å². The van der Waals surface area contributed by atoms with Crippen molar-refractivity contribution in [2.45, 2.75) is 64.7 Å². The minimum absolute atomic E-state index is 0.389. The van der Waals surface area contributed by atoms with Gasteiger partial charge in [-0.05, 0) is 77.7 Å². The second-order valence-corrected chi connectivity index (χ2v) is 8.26. The van der Waals surface area contributed by atoms with E-state index in [1.54, 1.807) is 0 Å². The number of halogens is 1. The van der Waals surface area contributed by atoms with Crippen LogP contribution < -0.4 is 0 Å². The van der Waals surface area contributed by atoms with E-state index in [4.69, 9.17) is 11.6 Å². The maximum absolute atomic E-state index is 11.9. The number of benzene rings is 1. The second-order valence-electron chi connectivity index (χ2n) is 7.85. The summed E-state index contributed by atoms with van der Waals surface area (Å²) in [4.78, 5) is 11.9. The minimum atomic E-state index is 0.389. The van der Waals surface area contributed by atoms with Gasteiger partial charge in [0.2, 0.25) is 0 Å². The van der Waals surface area contributed by atoms with Gasteiger partial charge < -0.3 is 0 Å². The Morgan fingerprint density at radius 1 is 1.19 bits per heavy atom. The average molecular weight is 303 g/mol. The molecule has 21 heavy (non-hydrogen) atoms. The Labute approximate surface area is 132 Å². The van der Waals surface area contributed by atoms with Crippen LogP contribution in [-0.2, 0) is 24.1 Å². The Bertz CT molecular complexity index is 633. The van der Waals surface area contributed by atoms with Gasteiger partial charge in [-0.1, -0.05) is 25.4 Å². The van der Waals surface area contributed by atoms with E-state index >= 15 is 0 Å². The van der Waals surface area contributed by atoms with Gasteiger partial charge in [0.15, 0.2) is 0 Å². The fourth-order valence-electron chi connectivity index (χ4n) is 5.35. The molecule has 0 aromatic heterocycles. The van der Waals surface area contributed by atoms with Crippen LogP contribution in [0.5, 0.6) is 0 Å². The minimum Gasteiger partial charge on any atom is -0.299 e. The third-order valence-corrected chi connectivity index (χ3v) is 6.63. The zero-order valence-corrected chi connectivity index (χ0v) is 13.7. The molecule has 2 heteroatoms. The van der Waals surface area contributed by atoms with Gasteiger partial charge in [0.05, 0.1) is 0 Å². The molecular formula is C19H23ClO. The first-order valence-corrected chi connectivity index (χ1v) is 8.70. The fourth-order valence-corrected chi connectivity index (χ4v) is 5.67. The lowest BCUT2D eigenvalue weighted by molar-refractivity contribution is -0.118. The van der Waals surface area contributed by atoms with E-state index in [-0.39, 0.29) is 0 Å². The number of hydrogen-bond donors (Lipinski definition) is 0. The highest BCUT2D eigenvalue weighted by Gasteiger charge is 2.46. The van der Waals surface area contributed by atoms with E-state index in [0.717, 1.165) is 23.8 Å². The van der Waals surface area contributed by atoms with E-state index in [2.05, 4.69) is 19.9 Å². The number of carbonyl (C=O) groups is 1. The smallest absolute Gasteiger partial charge is 0.137 e. The molecule has 1 nitrogen and oxygen atoms in total. The molecule has 3 aliphatic rings. The molecular weight excluding hydrogens is 280 g/mol. The number of hydrogen-bond acceptors (Lipinski definition) is 1. The third-order valence-electron chi connectivity index (χ3n) is 6.29. The van der Waals surface area contributed by atoms with Crippen LogP contribution in [0.4, 0.5) is 0 Å². The maximum Gasteiger partial charge on any atom is 0.137 e. The number of fused-ring (bicyclic) bond motifs is 5. The molecule has 0 heterocycles. The molecule has 0 N–H and O–H groups in total. The predicted octanol–water partition coefficient (Wildman–Crippen LogP) is 4.86. The topological polar surface area (TPSA) is 17.1 Å². The van der Waals surface area contributed by atoms with Crippen molar-refractivity contribution < 1.29 is 4.79 Å². The molecule has 0 bridgehead atoms. The van der Waals surface area contributed by atoms with Crippen molar-refractivity contribution >= 4 is 17.4 Å². The van der Waals surface area contributed by atoms with Gasteiger partial charge in [-0.25, -0.2) is 0 Å². The SMILES string of the molecule is C[C@H]1C[C@@H]2c3cc(Cl)c4c(c3CC[C@@]2(C)C1)CC(=O)CC4. The molecule has 1 aromatic rings. The fraction of sp³-hybridized carbons (Fsp3) is 0.632. The van der Waals surface area contributed by atoms with Crippen molar-refractivity contribution in [1.82, 2.24) is 0 Å². The number of ketones is 1. The van der Waals surface area contributed by atoms with Crippen molar-refractivity contribution in [3.8, 4) is 0 Å². The lowest BCUT2D eigenvalue weighted by Crippen LogP contribution is -2.29. The first-order valence-electron chi connectivity index (χ1n) is 8.32. The van der Waals surface area contributed by atoms with Crippen LogP contribution in [-0.4, -0.2) is 5.78 Å².